The number of nitrogens with zero attached hydrogens (tertiary/aromatic N) is 2. The van der Waals surface area contributed by atoms with E-state index >= 15 is 0 Å². The Morgan fingerprint density at radius 1 is 1.14 bits per heavy atom. The molecule has 8 nitrogen and oxygen atoms in total. The smallest absolute Gasteiger partial charge is 0.286 e. The summed E-state index contributed by atoms with van der Waals surface area (Å²) in [6.45, 7) is 0.326. The minimum Gasteiger partial charge on any atom is -0.345 e. The predicted molar refractivity (Wildman–Crippen MR) is 107 cm³/mol. The average molecular weight is 487 g/mol. The summed E-state index contributed by atoms with van der Waals surface area (Å²) in [4.78, 5) is 24.5. The second kappa shape index (κ2) is 8.64. The van der Waals surface area contributed by atoms with Crippen molar-refractivity contribution in [2.24, 2.45) is 13.0 Å². The molecular weight excluding hydrogens is 467 g/mol. The lowest BCUT2D eigenvalue weighted by atomic mass is 9.98. The molecule has 0 radical (unpaired) electrons. The molecule has 2 aromatic rings. The van der Waals surface area contributed by atoms with E-state index in [1.54, 1.807) is 23.9 Å². The first-order valence-corrected chi connectivity index (χ1v) is 11.1. The third-order valence-electron chi connectivity index (χ3n) is 4.78. The Kier molecular flexibility index (Phi) is 6.39. The summed E-state index contributed by atoms with van der Waals surface area (Å²) in [6, 6.07) is 6.27. The maximum Gasteiger partial charge on any atom is 0.286 e. The molecule has 1 aromatic carbocycles. The van der Waals surface area contributed by atoms with Crippen LogP contribution in [0.15, 0.2) is 45.9 Å². The largest absolute Gasteiger partial charge is 0.345 e. The zero-order valence-corrected chi connectivity index (χ0v) is 18.0. The van der Waals surface area contributed by atoms with Gasteiger partial charge in [-0.15, -0.1) is 0 Å². The fraction of sp³-hybridized carbons (Fsp3) is 0.333. The number of piperidine rings is 1. The molecular formula is C18H20BrFN4O4S. The highest BCUT2D eigenvalue weighted by Gasteiger charge is 2.32. The van der Waals surface area contributed by atoms with E-state index in [4.69, 9.17) is 0 Å². The minimum absolute atomic E-state index is 0.0165. The van der Waals surface area contributed by atoms with E-state index in [0.29, 0.717) is 18.5 Å². The van der Waals surface area contributed by atoms with Gasteiger partial charge in [0.25, 0.3) is 5.91 Å². The molecule has 0 spiro atoms. The Bertz CT molecular complexity index is 1010. The fourth-order valence-corrected chi connectivity index (χ4v) is 5.14. The van der Waals surface area contributed by atoms with Crippen LogP contribution in [0.25, 0.3) is 0 Å². The topological polar surface area (TPSA) is 101 Å². The summed E-state index contributed by atoms with van der Waals surface area (Å²) in [5.41, 5.74) is 5.15. The van der Waals surface area contributed by atoms with Gasteiger partial charge in [0, 0.05) is 36.7 Å². The number of aromatic nitrogens is 1. The highest BCUT2D eigenvalue weighted by Crippen LogP contribution is 2.24. The molecule has 0 aliphatic carbocycles. The lowest BCUT2D eigenvalue weighted by Crippen LogP contribution is -2.48. The quantitative estimate of drug-likeness (QED) is 0.643. The van der Waals surface area contributed by atoms with Gasteiger partial charge in [-0.2, -0.15) is 4.31 Å². The molecule has 1 aliphatic heterocycles. The number of nitrogens with one attached hydrogen (secondary N) is 2. The zero-order chi connectivity index (χ0) is 21.2. The van der Waals surface area contributed by atoms with Gasteiger partial charge < -0.3 is 4.57 Å². The normalized spacial score (nSPS) is 15.8. The maximum absolute atomic E-state index is 13.0. The monoisotopic (exact) mass is 486 g/mol. The van der Waals surface area contributed by atoms with Gasteiger partial charge in [0.2, 0.25) is 15.9 Å². The highest BCUT2D eigenvalue weighted by atomic mass is 79.9. The number of sulfonamides is 1. The summed E-state index contributed by atoms with van der Waals surface area (Å²) in [5, 5.41) is 0. The Balaban J connectivity index is 1.53. The Morgan fingerprint density at radius 2 is 1.76 bits per heavy atom. The van der Waals surface area contributed by atoms with Gasteiger partial charge in [0.15, 0.2) is 0 Å². The zero-order valence-electron chi connectivity index (χ0n) is 15.6. The van der Waals surface area contributed by atoms with Crippen LogP contribution in [0.5, 0.6) is 0 Å². The number of halogens is 2. The van der Waals surface area contributed by atoms with Crippen LogP contribution in [0.4, 0.5) is 4.39 Å². The number of hydrogen-bond donors (Lipinski definition) is 2. The molecule has 0 bridgehead atoms. The second-order valence-corrected chi connectivity index (χ2v) is 9.58. The van der Waals surface area contributed by atoms with Crippen molar-refractivity contribution in [3.05, 3.63) is 52.5 Å². The van der Waals surface area contributed by atoms with Gasteiger partial charge in [-0.3, -0.25) is 20.4 Å². The summed E-state index contributed by atoms with van der Waals surface area (Å²) in [5.74, 6) is -1.76. The Hall–Kier alpha value is -2.24. The molecule has 11 heteroatoms. The van der Waals surface area contributed by atoms with E-state index in [9.17, 15) is 22.4 Å². The predicted octanol–water partition coefficient (Wildman–Crippen LogP) is 1.79. The van der Waals surface area contributed by atoms with E-state index < -0.39 is 27.7 Å². The second-order valence-electron chi connectivity index (χ2n) is 6.73. The van der Waals surface area contributed by atoms with Crippen molar-refractivity contribution in [3.8, 4) is 0 Å². The molecule has 0 saturated carbocycles. The van der Waals surface area contributed by atoms with E-state index in [2.05, 4.69) is 26.8 Å². The number of benzene rings is 1. The van der Waals surface area contributed by atoms with E-state index in [1.807, 2.05) is 0 Å². The Labute approximate surface area is 176 Å². The summed E-state index contributed by atoms with van der Waals surface area (Å²) in [6.07, 6.45) is 2.35. The molecule has 1 aliphatic rings. The number of rotatable bonds is 4. The van der Waals surface area contributed by atoms with E-state index in [1.165, 1.54) is 16.4 Å². The van der Waals surface area contributed by atoms with Crippen molar-refractivity contribution in [2.45, 2.75) is 17.7 Å². The number of hydrogen-bond acceptors (Lipinski definition) is 4. The number of amides is 2. The van der Waals surface area contributed by atoms with Crippen molar-refractivity contribution in [1.82, 2.24) is 19.7 Å². The van der Waals surface area contributed by atoms with Crippen LogP contribution in [-0.2, 0) is 21.9 Å². The number of carbonyl (C=O) groups excluding carboxylic acids is 2. The van der Waals surface area contributed by atoms with Crippen LogP contribution in [0, 0.1) is 11.7 Å². The maximum atomic E-state index is 13.0. The molecule has 2 heterocycles. The van der Waals surface area contributed by atoms with Crippen LogP contribution in [0.1, 0.15) is 23.3 Å². The van der Waals surface area contributed by atoms with E-state index in [0.717, 1.165) is 16.6 Å². The van der Waals surface area contributed by atoms with Crippen LogP contribution in [-0.4, -0.2) is 42.2 Å². The lowest BCUT2D eigenvalue weighted by molar-refractivity contribution is -0.126. The van der Waals surface area contributed by atoms with Gasteiger partial charge in [0.1, 0.15) is 11.5 Å². The van der Waals surface area contributed by atoms with Crippen LogP contribution < -0.4 is 10.9 Å². The minimum atomic E-state index is -3.73. The molecule has 29 heavy (non-hydrogen) atoms. The third kappa shape index (κ3) is 4.85. The van der Waals surface area contributed by atoms with Crippen molar-refractivity contribution >= 4 is 37.8 Å². The molecule has 0 atom stereocenters. The van der Waals surface area contributed by atoms with Crippen molar-refractivity contribution in [1.29, 1.82) is 0 Å². The number of carbonyl (C=O) groups is 2. The molecule has 2 amide bonds. The van der Waals surface area contributed by atoms with Crippen molar-refractivity contribution < 1.29 is 22.4 Å². The molecule has 3 rings (SSSR count). The van der Waals surface area contributed by atoms with Gasteiger partial charge in [0.05, 0.1) is 4.90 Å². The van der Waals surface area contributed by atoms with Gasteiger partial charge in [-0.25, -0.2) is 12.8 Å². The van der Waals surface area contributed by atoms with Gasteiger partial charge in [-0.05, 0) is 59.1 Å². The standard InChI is InChI=1S/C18H20BrFN4O4S/c1-23-11-13(19)10-16(23)18(26)22-21-17(25)12-6-8-24(9-7-12)29(27,28)15-4-2-14(20)3-5-15/h2-5,10-12H,6-9H2,1H3,(H,21,25)(H,22,26). The fourth-order valence-electron chi connectivity index (χ4n) is 3.15. The highest BCUT2D eigenvalue weighted by molar-refractivity contribution is 9.10. The lowest BCUT2D eigenvalue weighted by Gasteiger charge is -2.30. The van der Waals surface area contributed by atoms with Crippen molar-refractivity contribution in [3.63, 3.8) is 0 Å². The van der Waals surface area contributed by atoms with Crippen LogP contribution in [0.2, 0.25) is 0 Å². The average Bonchev–Trinajstić information content (AvgIpc) is 3.04. The molecule has 2 N–H and O–H groups in total. The van der Waals surface area contributed by atoms with E-state index in [-0.39, 0.29) is 23.9 Å². The van der Waals surface area contributed by atoms with Gasteiger partial charge in [-0.1, -0.05) is 0 Å². The third-order valence-corrected chi connectivity index (χ3v) is 7.13. The van der Waals surface area contributed by atoms with Gasteiger partial charge >= 0.3 is 0 Å². The first kappa shape index (κ1) is 21.5. The summed E-state index contributed by atoms with van der Waals surface area (Å²) in [7, 11) is -2.03. The SMILES string of the molecule is Cn1cc(Br)cc1C(=O)NNC(=O)C1CCN(S(=O)(=O)c2ccc(F)cc2)CC1. The summed E-state index contributed by atoms with van der Waals surface area (Å²) >= 11 is 3.28. The molecule has 1 aromatic heterocycles. The molecule has 1 fully saturated rings. The number of hydrazine groups is 1. The molecule has 1 saturated heterocycles. The Morgan fingerprint density at radius 3 is 2.31 bits per heavy atom. The van der Waals surface area contributed by atoms with Crippen molar-refractivity contribution in [2.75, 3.05) is 13.1 Å². The number of aryl methyl sites for hydroxylation is 1. The molecule has 156 valence electrons. The first-order chi connectivity index (χ1) is 13.7. The molecule has 0 unspecified atom stereocenters. The first-order valence-electron chi connectivity index (χ1n) is 8.86. The van der Waals surface area contributed by atoms with Crippen LogP contribution in [0.3, 0.4) is 0 Å². The van der Waals surface area contributed by atoms with Crippen LogP contribution >= 0.6 is 15.9 Å². The summed E-state index contributed by atoms with van der Waals surface area (Å²) < 4.78 is 41.9.